The van der Waals surface area contributed by atoms with Gasteiger partial charge in [0.05, 0.1) is 16.7 Å². The number of nitrogens with zero attached hydrogens (tertiary/aromatic N) is 3. The molecule has 0 amide bonds. The van der Waals surface area contributed by atoms with E-state index in [4.69, 9.17) is 11.6 Å². The molecule has 3 heterocycles. The monoisotopic (exact) mass is 249 g/mol. The Morgan fingerprint density at radius 3 is 2.82 bits per heavy atom. The average molecular weight is 250 g/mol. The van der Waals surface area contributed by atoms with Crippen molar-refractivity contribution in [3.05, 3.63) is 35.4 Å². The number of rotatable bonds is 1. The van der Waals surface area contributed by atoms with Gasteiger partial charge in [-0.15, -0.1) is 0 Å². The Morgan fingerprint density at radius 1 is 1.29 bits per heavy atom. The highest BCUT2D eigenvalue weighted by Crippen LogP contribution is 2.27. The summed E-state index contributed by atoms with van der Waals surface area (Å²) in [5.41, 5.74) is 1.13. The molecule has 0 radical (unpaired) electrons. The van der Waals surface area contributed by atoms with Crippen LogP contribution in [0.4, 0.5) is 0 Å². The molecule has 17 heavy (non-hydrogen) atoms. The van der Waals surface area contributed by atoms with Crippen LogP contribution in [0, 0.1) is 0 Å². The zero-order valence-corrected chi connectivity index (χ0v) is 10.7. The first kappa shape index (κ1) is 11.1. The lowest BCUT2D eigenvalue weighted by Gasteiger charge is -2.28. The maximum Gasteiger partial charge on any atom is 0.116 e. The van der Waals surface area contributed by atoms with E-state index in [1.807, 2.05) is 24.5 Å². The van der Waals surface area contributed by atoms with Gasteiger partial charge in [-0.3, -0.25) is 0 Å². The molecule has 0 unspecified atom stereocenters. The molecular weight excluding hydrogens is 234 g/mol. The summed E-state index contributed by atoms with van der Waals surface area (Å²) >= 11 is 6.05. The molecule has 3 rings (SSSR count). The highest BCUT2D eigenvalue weighted by Gasteiger charge is 2.21. The van der Waals surface area contributed by atoms with Gasteiger partial charge in [0.1, 0.15) is 5.82 Å². The minimum absolute atomic E-state index is 0.562. The number of hydrogen-bond donors (Lipinski definition) is 0. The molecule has 0 aliphatic carbocycles. The van der Waals surface area contributed by atoms with E-state index in [0.717, 1.165) is 29.5 Å². The molecule has 4 heteroatoms. The first-order chi connectivity index (χ1) is 8.24. The highest BCUT2D eigenvalue weighted by molar-refractivity contribution is 6.30. The molecule has 1 aliphatic rings. The second-order valence-electron chi connectivity index (χ2n) is 4.84. The Balaban J connectivity index is 1.97. The smallest absolute Gasteiger partial charge is 0.116 e. The highest BCUT2D eigenvalue weighted by atomic mass is 35.5. The van der Waals surface area contributed by atoms with Crippen LogP contribution in [0.15, 0.2) is 24.5 Å². The van der Waals surface area contributed by atoms with Crippen LogP contribution in [0.5, 0.6) is 0 Å². The standard InChI is InChI=1S/C13H16ClN3/c1-16-6-4-10(5-7-16)13-15-8-12-3-2-11(14)9-17(12)13/h2-3,8-10H,4-7H2,1H3. The van der Waals surface area contributed by atoms with Crippen LogP contribution in [-0.4, -0.2) is 34.4 Å². The van der Waals surface area contributed by atoms with Crippen molar-refractivity contribution < 1.29 is 0 Å². The number of hydrogen-bond acceptors (Lipinski definition) is 2. The molecule has 2 aromatic rings. The second kappa shape index (κ2) is 4.31. The van der Waals surface area contributed by atoms with Gasteiger partial charge in [0.15, 0.2) is 0 Å². The molecule has 1 fully saturated rings. The third-order valence-electron chi connectivity index (χ3n) is 3.60. The number of piperidine rings is 1. The lowest BCUT2D eigenvalue weighted by Crippen LogP contribution is -2.29. The molecule has 0 spiro atoms. The lowest BCUT2D eigenvalue weighted by atomic mass is 9.96. The summed E-state index contributed by atoms with van der Waals surface area (Å²) in [5.74, 6) is 1.72. The van der Waals surface area contributed by atoms with E-state index >= 15 is 0 Å². The Bertz CT molecular complexity index is 526. The maximum atomic E-state index is 6.05. The Kier molecular flexibility index (Phi) is 2.81. The van der Waals surface area contributed by atoms with Crippen LogP contribution in [-0.2, 0) is 0 Å². The number of fused-ring (bicyclic) bond motifs is 1. The van der Waals surface area contributed by atoms with Gasteiger partial charge in [-0.2, -0.15) is 0 Å². The fraction of sp³-hybridized carbons (Fsp3) is 0.462. The van der Waals surface area contributed by atoms with Gasteiger partial charge < -0.3 is 9.30 Å². The molecule has 0 N–H and O–H groups in total. The molecule has 0 saturated carbocycles. The van der Waals surface area contributed by atoms with Crippen LogP contribution in [0.3, 0.4) is 0 Å². The molecule has 0 bridgehead atoms. The van der Waals surface area contributed by atoms with Gasteiger partial charge in [0, 0.05) is 12.1 Å². The second-order valence-corrected chi connectivity index (χ2v) is 5.27. The van der Waals surface area contributed by atoms with Gasteiger partial charge in [-0.25, -0.2) is 4.98 Å². The number of pyridine rings is 1. The molecule has 0 aromatic carbocycles. The fourth-order valence-corrected chi connectivity index (χ4v) is 2.71. The van der Waals surface area contributed by atoms with Crippen LogP contribution in [0.1, 0.15) is 24.6 Å². The van der Waals surface area contributed by atoms with Crippen LogP contribution >= 0.6 is 11.6 Å². The molecule has 1 aliphatic heterocycles. The van der Waals surface area contributed by atoms with Crippen LogP contribution < -0.4 is 0 Å². The molecular formula is C13H16ClN3. The van der Waals surface area contributed by atoms with Gasteiger partial charge in [0.25, 0.3) is 0 Å². The summed E-state index contributed by atoms with van der Waals surface area (Å²) < 4.78 is 2.14. The van der Waals surface area contributed by atoms with Crippen molar-refractivity contribution in [2.75, 3.05) is 20.1 Å². The van der Waals surface area contributed by atoms with Crippen molar-refractivity contribution in [1.29, 1.82) is 0 Å². The Morgan fingerprint density at radius 2 is 2.06 bits per heavy atom. The van der Waals surface area contributed by atoms with Crippen LogP contribution in [0.25, 0.3) is 5.52 Å². The number of imidazole rings is 1. The van der Waals surface area contributed by atoms with E-state index in [-0.39, 0.29) is 0 Å². The SMILES string of the molecule is CN1CCC(c2ncc3ccc(Cl)cn23)CC1. The topological polar surface area (TPSA) is 20.5 Å². The Hall–Kier alpha value is -1.06. The Labute approximate surface area is 106 Å². The maximum absolute atomic E-state index is 6.05. The van der Waals surface area contributed by atoms with Gasteiger partial charge >= 0.3 is 0 Å². The first-order valence-electron chi connectivity index (χ1n) is 6.05. The summed E-state index contributed by atoms with van der Waals surface area (Å²) in [6, 6.07) is 3.94. The van der Waals surface area contributed by atoms with E-state index in [2.05, 4.69) is 21.3 Å². The average Bonchev–Trinajstić information content (AvgIpc) is 2.73. The quantitative estimate of drug-likeness (QED) is 0.775. The van der Waals surface area contributed by atoms with E-state index < -0.39 is 0 Å². The summed E-state index contributed by atoms with van der Waals surface area (Å²) in [7, 11) is 2.18. The van der Waals surface area contributed by atoms with Crippen molar-refractivity contribution in [2.45, 2.75) is 18.8 Å². The van der Waals surface area contributed by atoms with E-state index in [1.165, 1.54) is 12.8 Å². The summed E-state index contributed by atoms with van der Waals surface area (Å²) in [5, 5.41) is 0.768. The predicted molar refractivity (Wildman–Crippen MR) is 69.7 cm³/mol. The fourth-order valence-electron chi connectivity index (χ4n) is 2.55. The number of likely N-dealkylation sites (tertiary alicyclic amines) is 1. The largest absolute Gasteiger partial charge is 0.306 e. The first-order valence-corrected chi connectivity index (χ1v) is 6.43. The summed E-state index contributed by atoms with van der Waals surface area (Å²) in [4.78, 5) is 6.95. The summed E-state index contributed by atoms with van der Waals surface area (Å²) in [6.07, 6.45) is 6.27. The minimum Gasteiger partial charge on any atom is -0.306 e. The third kappa shape index (κ3) is 2.05. The van der Waals surface area contributed by atoms with Gasteiger partial charge in [-0.05, 0) is 45.1 Å². The van der Waals surface area contributed by atoms with Crippen molar-refractivity contribution in [3.63, 3.8) is 0 Å². The van der Waals surface area contributed by atoms with Gasteiger partial charge in [0.2, 0.25) is 0 Å². The number of aromatic nitrogens is 2. The number of halogens is 1. The van der Waals surface area contributed by atoms with Crippen molar-refractivity contribution >= 4 is 17.1 Å². The lowest BCUT2D eigenvalue weighted by molar-refractivity contribution is 0.251. The minimum atomic E-state index is 0.562. The van der Waals surface area contributed by atoms with Crippen LogP contribution in [0.2, 0.25) is 5.02 Å². The van der Waals surface area contributed by atoms with Gasteiger partial charge in [-0.1, -0.05) is 11.6 Å². The van der Waals surface area contributed by atoms with Crippen molar-refractivity contribution in [2.24, 2.45) is 0 Å². The third-order valence-corrected chi connectivity index (χ3v) is 3.83. The molecule has 2 aromatic heterocycles. The molecule has 1 saturated heterocycles. The molecule has 0 atom stereocenters. The van der Waals surface area contributed by atoms with Crippen molar-refractivity contribution in [3.8, 4) is 0 Å². The normalized spacial score (nSPS) is 18.9. The van der Waals surface area contributed by atoms with E-state index in [0.29, 0.717) is 5.92 Å². The zero-order chi connectivity index (χ0) is 11.8. The van der Waals surface area contributed by atoms with E-state index in [1.54, 1.807) is 0 Å². The predicted octanol–water partition coefficient (Wildman–Crippen LogP) is 2.80. The van der Waals surface area contributed by atoms with Crippen molar-refractivity contribution in [1.82, 2.24) is 14.3 Å². The zero-order valence-electron chi connectivity index (χ0n) is 9.93. The molecule has 3 nitrogen and oxygen atoms in total. The van der Waals surface area contributed by atoms with E-state index in [9.17, 15) is 0 Å². The molecule has 90 valence electrons. The summed E-state index contributed by atoms with van der Waals surface area (Å²) in [6.45, 7) is 2.31.